The van der Waals surface area contributed by atoms with E-state index in [4.69, 9.17) is 27.8 Å². The lowest BCUT2D eigenvalue weighted by Gasteiger charge is -2.39. The molecule has 0 heterocycles. The molecule has 0 rings (SSSR count). The lowest BCUT2D eigenvalue weighted by molar-refractivity contribution is -0.196. The van der Waals surface area contributed by atoms with Crippen molar-refractivity contribution in [2.24, 2.45) is 0 Å². The third-order valence-electron chi connectivity index (χ3n) is 8.01. The minimum absolute atomic E-state index is 0.0913. The maximum Gasteiger partial charge on any atom is 0.192 e. The Labute approximate surface area is 233 Å². The average molecular weight is 565 g/mol. The van der Waals surface area contributed by atoms with E-state index in [2.05, 4.69) is 95.4 Å². The highest BCUT2D eigenvalue weighted by Gasteiger charge is 2.40. The lowest BCUT2D eigenvalue weighted by Crippen LogP contribution is -2.46. The maximum absolute atomic E-state index is 6.53. The Morgan fingerprint density at radius 2 is 1.05 bits per heavy atom. The van der Waals surface area contributed by atoms with Gasteiger partial charge in [0.1, 0.15) is 6.10 Å². The van der Waals surface area contributed by atoms with Gasteiger partial charge in [0.05, 0.1) is 31.0 Å². The molecule has 6 nitrogen and oxygen atoms in total. The van der Waals surface area contributed by atoms with Crippen LogP contribution in [0.4, 0.5) is 0 Å². The van der Waals surface area contributed by atoms with Gasteiger partial charge in [-0.15, -0.1) is 0 Å². The summed E-state index contributed by atoms with van der Waals surface area (Å²) in [7, 11) is -3.76. The van der Waals surface area contributed by atoms with Crippen molar-refractivity contribution in [2.75, 3.05) is 33.0 Å². The smallest absolute Gasteiger partial charge is 0.192 e. The molecule has 0 fully saturated rings. The summed E-state index contributed by atoms with van der Waals surface area (Å²) in [5.74, 6) is 0. The molecule has 8 heteroatoms. The summed E-state index contributed by atoms with van der Waals surface area (Å²) in [4.78, 5) is 0. The second-order valence-electron chi connectivity index (χ2n) is 14.6. The van der Waals surface area contributed by atoms with E-state index in [1.807, 2.05) is 13.8 Å². The number of ether oxygens (including phenoxy) is 4. The van der Waals surface area contributed by atoms with Crippen LogP contribution in [0, 0.1) is 0 Å². The van der Waals surface area contributed by atoms with Crippen molar-refractivity contribution in [2.45, 2.75) is 156 Å². The molecular formula is C29H64O6Si2. The minimum Gasteiger partial charge on any atom is -0.414 e. The summed E-state index contributed by atoms with van der Waals surface area (Å²) in [6, 6.07) is 0. The van der Waals surface area contributed by atoms with Gasteiger partial charge in [0, 0.05) is 13.2 Å². The van der Waals surface area contributed by atoms with E-state index in [1.165, 1.54) is 0 Å². The molecule has 0 aromatic carbocycles. The summed E-state index contributed by atoms with van der Waals surface area (Å²) in [6.45, 7) is 38.1. The molecular weight excluding hydrogens is 500 g/mol. The van der Waals surface area contributed by atoms with E-state index < -0.39 is 16.6 Å². The fraction of sp³-hybridized carbons (Fsp3) is 1.00. The Hall–Kier alpha value is 0.194. The summed E-state index contributed by atoms with van der Waals surface area (Å²) in [6.07, 6.45) is 1.27. The largest absolute Gasteiger partial charge is 0.414 e. The van der Waals surface area contributed by atoms with Crippen molar-refractivity contribution >= 4 is 16.6 Å². The first-order valence-corrected chi connectivity index (χ1v) is 20.1. The van der Waals surface area contributed by atoms with Crippen molar-refractivity contribution in [3.05, 3.63) is 0 Å². The molecule has 0 radical (unpaired) electrons. The molecule has 0 aromatic rings. The molecule has 0 N–H and O–H groups in total. The molecule has 0 saturated carbocycles. The molecule has 1 unspecified atom stereocenters. The molecule has 0 aliphatic heterocycles. The van der Waals surface area contributed by atoms with Crippen molar-refractivity contribution in [1.82, 2.24) is 0 Å². The predicted octanol–water partition coefficient (Wildman–Crippen LogP) is 8.17. The van der Waals surface area contributed by atoms with E-state index in [0.717, 1.165) is 12.8 Å². The van der Waals surface area contributed by atoms with Crippen LogP contribution in [0.1, 0.15) is 95.9 Å². The van der Waals surface area contributed by atoms with Crippen molar-refractivity contribution in [3.63, 3.8) is 0 Å². The lowest BCUT2D eigenvalue weighted by atomic mass is 10.0. The quantitative estimate of drug-likeness (QED) is 0.124. The van der Waals surface area contributed by atoms with Crippen LogP contribution in [-0.4, -0.2) is 73.3 Å². The van der Waals surface area contributed by atoms with Crippen LogP contribution in [0.3, 0.4) is 0 Å². The van der Waals surface area contributed by atoms with Gasteiger partial charge in [0.2, 0.25) is 0 Å². The Morgan fingerprint density at radius 3 is 1.46 bits per heavy atom. The molecule has 0 aliphatic carbocycles. The average Bonchev–Trinajstić information content (AvgIpc) is 2.67. The standard InChI is InChI=1S/C29H64O6Si2/c1-17-30-24(2)35-29(11,12)19-21-32-28(9,10)18-20-31-25(22-33-36(13,14)26(3,4)5)23-34-37(15,16)27(6,7)8/h24-25H,17-23H2,1-16H3. The first kappa shape index (κ1) is 37.2. The first-order chi connectivity index (χ1) is 16.4. The van der Waals surface area contributed by atoms with Crippen LogP contribution in [0.25, 0.3) is 0 Å². The fourth-order valence-corrected chi connectivity index (χ4v) is 5.14. The van der Waals surface area contributed by atoms with Gasteiger partial charge in [0.15, 0.2) is 22.9 Å². The molecule has 0 saturated heterocycles. The number of rotatable bonds is 18. The van der Waals surface area contributed by atoms with Gasteiger partial charge in [-0.3, -0.25) is 0 Å². The third kappa shape index (κ3) is 15.0. The van der Waals surface area contributed by atoms with Crippen LogP contribution in [0.5, 0.6) is 0 Å². The van der Waals surface area contributed by atoms with E-state index in [0.29, 0.717) is 33.0 Å². The molecule has 0 spiro atoms. The van der Waals surface area contributed by atoms with Gasteiger partial charge >= 0.3 is 0 Å². The third-order valence-corrected chi connectivity index (χ3v) is 17.0. The summed E-state index contributed by atoms with van der Waals surface area (Å²) in [5, 5.41) is 0.317. The monoisotopic (exact) mass is 564 g/mol. The Balaban J connectivity index is 4.96. The Bertz CT molecular complexity index is 605. The SMILES string of the molecule is CCOC(C)OC(C)(C)CCOC(C)(C)CCOC(CO[Si](C)(C)C(C)(C)C)CO[Si](C)(C)C(C)(C)C. The maximum atomic E-state index is 6.53. The van der Waals surface area contributed by atoms with Crippen molar-refractivity contribution in [3.8, 4) is 0 Å². The predicted molar refractivity (Wildman–Crippen MR) is 162 cm³/mol. The van der Waals surface area contributed by atoms with Gasteiger partial charge < -0.3 is 27.8 Å². The highest BCUT2D eigenvalue weighted by atomic mass is 28.4. The molecule has 0 bridgehead atoms. The van der Waals surface area contributed by atoms with Crippen LogP contribution in [-0.2, 0) is 27.8 Å². The van der Waals surface area contributed by atoms with E-state index in [-0.39, 0.29) is 33.7 Å². The second kappa shape index (κ2) is 14.7. The molecule has 0 amide bonds. The van der Waals surface area contributed by atoms with Gasteiger partial charge in [-0.2, -0.15) is 0 Å². The second-order valence-corrected chi connectivity index (χ2v) is 24.3. The molecule has 0 aliphatic rings. The molecule has 37 heavy (non-hydrogen) atoms. The van der Waals surface area contributed by atoms with Crippen LogP contribution in [0.15, 0.2) is 0 Å². The van der Waals surface area contributed by atoms with Crippen molar-refractivity contribution in [1.29, 1.82) is 0 Å². The number of hydrogen-bond acceptors (Lipinski definition) is 6. The molecule has 1 atom stereocenters. The highest BCUT2D eigenvalue weighted by Crippen LogP contribution is 2.38. The summed E-state index contributed by atoms with van der Waals surface area (Å²) < 4.78 is 37.3. The number of hydrogen-bond donors (Lipinski definition) is 0. The Kier molecular flexibility index (Phi) is 14.8. The normalized spacial score (nSPS) is 15.5. The zero-order chi connectivity index (χ0) is 29.3. The van der Waals surface area contributed by atoms with Gasteiger partial charge in [0.25, 0.3) is 0 Å². The minimum atomic E-state index is -1.88. The van der Waals surface area contributed by atoms with Crippen LogP contribution < -0.4 is 0 Å². The zero-order valence-corrected chi connectivity index (χ0v) is 29.6. The van der Waals surface area contributed by atoms with Gasteiger partial charge in [-0.05, 0) is 90.6 Å². The first-order valence-electron chi connectivity index (χ1n) is 14.3. The van der Waals surface area contributed by atoms with E-state index in [9.17, 15) is 0 Å². The highest BCUT2D eigenvalue weighted by molar-refractivity contribution is 6.74. The summed E-state index contributed by atoms with van der Waals surface area (Å²) >= 11 is 0. The topological polar surface area (TPSA) is 55.4 Å². The fourth-order valence-electron chi connectivity index (χ4n) is 3.07. The molecule has 0 aromatic heterocycles. The van der Waals surface area contributed by atoms with Crippen LogP contribution >= 0.6 is 0 Å². The van der Waals surface area contributed by atoms with Gasteiger partial charge in [-0.25, -0.2) is 0 Å². The zero-order valence-electron chi connectivity index (χ0n) is 27.6. The Morgan fingerprint density at radius 1 is 0.622 bits per heavy atom. The van der Waals surface area contributed by atoms with E-state index in [1.54, 1.807) is 0 Å². The summed E-state index contributed by atoms with van der Waals surface area (Å²) in [5.41, 5.74) is -0.610. The van der Waals surface area contributed by atoms with Gasteiger partial charge in [-0.1, -0.05) is 41.5 Å². The molecule has 224 valence electrons. The van der Waals surface area contributed by atoms with E-state index >= 15 is 0 Å². The van der Waals surface area contributed by atoms with Crippen LogP contribution in [0.2, 0.25) is 36.3 Å². The van der Waals surface area contributed by atoms with Crippen molar-refractivity contribution < 1.29 is 27.8 Å².